The second-order valence-electron chi connectivity index (χ2n) is 6.63. The van der Waals surface area contributed by atoms with E-state index in [4.69, 9.17) is 0 Å². The van der Waals surface area contributed by atoms with Crippen LogP contribution in [0.2, 0.25) is 0 Å². The molecule has 126 valence electrons. The van der Waals surface area contributed by atoms with Gasteiger partial charge in [0, 0.05) is 32.2 Å². The first kappa shape index (κ1) is 17.3. The molecule has 2 fully saturated rings. The molecule has 0 spiro atoms. The molecule has 4 heteroatoms. The van der Waals surface area contributed by atoms with Crippen LogP contribution in [-0.2, 0) is 0 Å². The molecule has 1 saturated carbocycles. The van der Waals surface area contributed by atoms with Crippen LogP contribution in [0.1, 0.15) is 58.3 Å². The van der Waals surface area contributed by atoms with Crippen molar-refractivity contribution in [3.05, 3.63) is 12.2 Å². The van der Waals surface area contributed by atoms with Gasteiger partial charge in [-0.25, -0.2) is 0 Å². The van der Waals surface area contributed by atoms with Crippen molar-refractivity contribution in [2.24, 2.45) is 4.99 Å². The number of aliphatic imine (C=N–C) groups is 1. The summed E-state index contributed by atoms with van der Waals surface area (Å²) in [6, 6.07) is 1.38. The maximum Gasteiger partial charge on any atom is 0.191 e. The van der Waals surface area contributed by atoms with Crippen molar-refractivity contribution in [2.45, 2.75) is 70.4 Å². The molecule has 0 amide bonds. The molecule has 0 aromatic carbocycles. The predicted molar refractivity (Wildman–Crippen MR) is 95.4 cm³/mol. The molecule has 1 saturated heterocycles. The average molecular weight is 306 g/mol. The molecule has 0 aromatic heterocycles. The Kier molecular flexibility index (Phi) is 7.78. The van der Waals surface area contributed by atoms with E-state index in [-0.39, 0.29) is 0 Å². The zero-order valence-corrected chi connectivity index (χ0v) is 14.5. The highest BCUT2D eigenvalue weighted by Gasteiger charge is 2.27. The lowest BCUT2D eigenvalue weighted by Crippen LogP contribution is -2.53. The fourth-order valence-electron chi connectivity index (χ4n) is 3.73. The Bertz CT molecular complexity index is 358. The summed E-state index contributed by atoms with van der Waals surface area (Å²) in [7, 11) is 1.87. The van der Waals surface area contributed by atoms with Crippen molar-refractivity contribution in [2.75, 3.05) is 26.7 Å². The Morgan fingerprint density at radius 2 is 2.00 bits per heavy atom. The van der Waals surface area contributed by atoms with Crippen LogP contribution in [0.5, 0.6) is 0 Å². The van der Waals surface area contributed by atoms with Crippen molar-refractivity contribution in [3.8, 4) is 0 Å². The fraction of sp³-hybridized carbons (Fsp3) is 0.833. The molecule has 2 N–H and O–H groups in total. The van der Waals surface area contributed by atoms with Crippen molar-refractivity contribution in [1.29, 1.82) is 0 Å². The molecule has 0 bridgehead atoms. The molecule has 0 radical (unpaired) electrons. The molecule has 2 aliphatic rings. The van der Waals surface area contributed by atoms with E-state index in [2.05, 4.69) is 39.6 Å². The zero-order chi connectivity index (χ0) is 15.6. The second kappa shape index (κ2) is 9.88. The lowest BCUT2D eigenvalue weighted by molar-refractivity contribution is 0.115. The maximum absolute atomic E-state index is 4.37. The third kappa shape index (κ3) is 5.64. The smallest absolute Gasteiger partial charge is 0.191 e. The van der Waals surface area contributed by atoms with Gasteiger partial charge in [0.05, 0.1) is 0 Å². The van der Waals surface area contributed by atoms with Crippen LogP contribution in [0.4, 0.5) is 0 Å². The lowest BCUT2D eigenvalue weighted by atomic mass is 9.92. The number of nitrogens with one attached hydrogen (secondary N) is 2. The topological polar surface area (TPSA) is 39.7 Å². The van der Waals surface area contributed by atoms with Gasteiger partial charge >= 0.3 is 0 Å². The van der Waals surface area contributed by atoms with Gasteiger partial charge in [-0.05, 0) is 45.6 Å². The van der Waals surface area contributed by atoms with Crippen LogP contribution in [0.25, 0.3) is 0 Å². The van der Waals surface area contributed by atoms with Crippen LogP contribution in [-0.4, -0.2) is 49.6 Å². The van der Waals surface area contributed by atoms with E-state index in [0.717, 1.165) is 25.0 Å². The van der Waals surface area contributed by atoms with E-state index in [0.29, 0.717) is 6.04 Å². The van der Waals surface area contributed by atoms with Gasteiger partial charge in [-0.2, -0.15) is 0 Å². The monoisotopic (exact) mass is 306 g/mol. The minimum Gasteiger partial charge on any atom is -0.356 e. The average Bonchev–Trinajstić information content (AvgIpc) is 2.58. The third-order valence-corrected chi connectivity index (χ3v) is 4.95. The summed E-state index contributed by atoms with van der Waals surface area (Å²) in [4.78, 5) is 7.10. The van der Waals surface area contributed by atoms with Gasteiger partial charge in [0.15, 0.2) is 5.96 Å². The van der Waals surface area contributed by atoms with Crippen LogP contribution < -0.4 is 10.6 Å². The number of nitrogens with zero attached hydrogens (tertiary/aromatic N) is 2. The first-order chi connectivity index (χ1) is 10.8. The molecule has 0 aromatic rings. The quantitative estimate of drug-likeness (QED) is 0.355. The zero-order valence-electron chi connectivity index (χ0n) is 14.5. The number of hydrogen-bond acceptors (Lipinski definition) is 2. The van der Waals surface area contributed by atoms with E-state index in [1.807, 2.05) is 7.05 Å². The molecule has 22 heavy (non-hydrogen) atoms. The van der Waals surface area contributed by atoms with Gasteiger partial charge < -0.3 is 10.6 Å². The Balaban J connectivity index is 1.75. The van der Waals surface area contributed by atoms with Gasteiger partial charge in [0.2, 0.25) is 0 Å². The van der Waals surface area contributed by atoms with Crippen molar-refractivity contribution in [1.82, 2.24) is 15.5 Å². The summed E-state index contributed by atoms with van der Waals surface area (Å²) in [6.07, 6.45) is 15.0. The second-order valence-corrected chi connectivity index (χ2v) is 6.63. The summed E-state index contributed by atoms with van der Waals surface area (Å²) in [6.45, 7) is 5.48. The highest BCUT2D eigenvalue weighted by Crippen LogP contribution is 2.25. The van der Waals surface area contributed by atoms with Crippen molar-refractivity contribution >= 4 is 5.96 Å². The summed E-state index contributed by atoms with van der Waals surface area (Å²) in [5.74, 6) is 0.958. The van der Waals surface area contributed by atoms with Gasteiger partial charge in [-0.1, -0.05) is 31.4 Å². The van der Waals surface area contributed by atoms with Gasteiger partial charge in [0.1, 0.15) is 0 Å². The summed E-state index contributed by atoms with van der Waals surface area (Å²) in [5.41, 5.74) is 0. The van der Waals surface area contributed by atoms with Crippen molar-refractivity contribution in [3.63, 3.8) is 0 Å². The van der Waals surface area contributed by atoms with Gasteiger partial charge in [-0.3, -0.25) is 9.89 Å². The molecule has 1 aliphatic heterocycles. The Hall–Kier alpha value is -1.03. The van der Waals surface area contributed by atoms with Gasteiger partial charge in [-0.15, -0.1) is 0 Å². The van der Waals surface area contributed by atoms with Crippen LogP contribution in [0, 0.1) is 0 Å². The molecule has 1 atom stereocenters. The standard InChI is InChI=1S/C18H34N4/c1-3-4-8-13-20-18(19-2)21-16-10-9-14-22(15-16)17-11-6-5-7-12-17/h3-4,16-17H,5-15H2,1-2H3,(H2,19,20,21)/b4-3+. The highest BCUT2D eigenvalue weighted by atomic mass is 15.2. The van der Waals surface area contributed by atoms with E-state index >= 15 is 0 Å². The lowest BCUT2D eigenvalue weighted by Gasteiger charge is -2.40. The normalized spacial score (nSPS) is 25.5. The van der Waals surface area contributed by atoms with Crippen LogP contribution >= 0.6 is 0 Å². The Labute approximate surface area is 136 Å². The largest absolute Gasteiger partial charge is 0.356 e. The minimum absolute atomic E-state index is 0.545. The first-order valence-corrected chi connectivity index (χ1v) is 9.16. The number of piperidine rings is 1. The van der Waals surface area contributed by atoms with E-state index in [9.17, 15) is 0 Å². The molecule has 1 unspecified atom stereocenters. The third-order valence-electron chi connectivity index (χ3n) is 4.95. The molecular weight excluding hydrogens is 272 g/mol. The molecule has 2 rings (SSSR count). The molecule has 4 nitrogen and oxygen atoms in total. The van der Waals surface area contributed by atoms with E-state index in [1.54, 1.807) is 0 Å². The van der Waals surface area contributed by atoms with E-state index in [1.165, 1.54) is 58.0 Å². The highest BCUT2D eigenvalue weighted by molar-refractivity contribution is 5.79. The number of hydrogen-bond donors (Lipinski definition) is 2. The maximum atomic E-state index is 4.37. The number of rotatable bonds is 5. The summed E-state index contributed by atoms with van der Waals surface area (Å²) < 4.78 is 0. The Morgan fingerprint density at radius 3 is 2.73 bits per heavy atom. The molecule has 1 heterocycles. The fourth-order valence-corrected chi connectivity index (χ4v) is 3.73. The van der Waals surface area contributed by atoms with Crippen LogP contribution in [0.15, 0.2) is 17.1 Å². The van der Waals surface area contributed by atoms with Crippen LogP contribution in [0.3, 0.4) is 0 Å². The SMILES string of the molecule is C/C=C/CCNC(=NC)NC1CCCN(C2CCCCC2)C1. The van der Waals surface area contributed by atoms with Crippen molar-refractivity contribution < 1.29 is 0 Å². The Morgan fingerprint density at radius 1 is 1.18 bits per heavy atom. The summed E-state index contributed by atoms with van der Waals surface area (Å²) >= 11 is 0. The number of guanidine groups is 1. The van der Waals surface area contributed by atoms with E-state index < -0.39 is 0 Å². The number of allylic oxidation sites excluding steroid dienone is 1. The first-order valence-electron chi connectivity index (χ1n) is 9.16. The number of likely N-dealkylation sites (tertiary alicyclic amines) is 1. The minimum atomic E-state index is 0.545. The predicted octanol–water partition coefficient (Wildman–Crippen LogP) is 2.91. The molecular formula is C18H34N4. The molecule has 1 aliphatic carbocycles. The summed E-state index contributed by atoms with van der Waals surface area (Å²) in [5, 5.41) is 7.04. The van der Waals surface area contributed by atoms with Gasteiger partial charge in [0.25, 0.3) is 0 Å².